The van der Waals surface area contributed by atoms with Crippen LogP contribution in [0, 0.1) is 12.5 Å². The fourth-order valence-electron chi connectivity index (χ4n) is 6.07. The summed E-state index contributed by atoms with van der Waals surface area (Å²) < 4.78 is 11.7. The first kappa shape index (κ1) is 31.8. The van der Waals surface area contributed by atoms with E-state index >= 15 is 0 Å². The van der Waals surface area contributed by atoms with E-state index in [2.05, 4.69) is 35.7 Å². The van der Waals surface area contributed by atoms with Gasteiger partial charge in [0.1, 0.15) is 11.4 Å². The standard InChI is InChI=1S/C34H44ClN3O4/c1-23-21-37(33(40)42-34(3,4)5)22-24(2)38(23)18-17-25-7-11-27(12-8-25)32(39)19-26-9-13-28(14-10-26)41-29-15-16-31(36-6)30(35)20-29/h7-8,11-12,15-16,20,23-24,26,28H,9-10,13-14,17-19,21-22H2,1-5H3/t23-,24-,26?,28?/m1/s1. The molecule has 0 bridgehead atoms. The summed E-state index contributed by atoms with van der Waals surface area (Å²) in [6, 6.07) is 13.8. The van der Waals surface area contributed by atoms with Crippen molar-refractivity contribution < 1.29 is 19.1 Å². The van der Waals surface area contributed by atoms with Crippen molar-refractivity contribution in [2.45, 2.75) is 96.9 Å². The Morgan fingerprint density at radius 1 is 1.00 bits per heavy atom. The molecular formula is C34H44ClN3O4. The minimum Gasteiger partial charge on any atom is -0.490 e. The molecule has 2 aliphatic rings. The fourth-order valence-corrected chi connectivity index (χ4v) is 6.28. The maximum Gasteiger partial charge on any atom is 0.410 e. The summed E-state index contributed by atoms with van der Waals surface area (Å²) >= 11 is 6.14. The molecule has 4 rings (SSSR count). The number of carbonyl (C=O) groups excluding carboxylic acids is 2. The molecular weight excluding hydrogens is 550 g/mol. The van der Waals surface area contributed by atoms with Crippen LogP contribution in [0.4, 0.5) is 10.5 Å². The highest BCUT2D eigenvalue weighted by molar-refractivity contribution is 6.33. The van der Waals surface area contributed by atoms with Crippen molar-refractivity contribution in [2.24, 2.45) is 5.92 Å². The first-order chi connectivity index (χ1) is 19.9. The van der Waals surface area contributed by atoms with Crippen LogP contribution in [0.1, 0.15) is 82.6 Å². The Balaban J connectivity index is 1.20. The Kier molecular flexibility index (Phi) is 10.6. The van der Waals surface area contributed by atoms with Gasteiger partial charge in [-0.25, -0.2) is 9.64 Å². The van der Waals surface area contributed by atoms with E-state index < -0.39 is 5.60 Å². The maximum absolute atomic E-state index is 13.0. The molecule has 2 atom stereocenters. The van der Waals surface area contributed by atoms with Crippen molar-refractivity contribution in [3.05, 3.63) is 70.0 Å². The Hall–Kier alpha value is -3.08. The van der Waals surface area contributed by atoms with Crippen molar-refractivity contribution in [2.75, 3.05) is 19.6 Å². The normalized spacial score (nSPS) is 23.2. The highest BCUT2D eigenvalue weighted by Gasteiger charge is 2.33. The molecule has 0 aromatic heterocycles. The van der Waals surface area contributed by atoms with E-state index in [-0.39, 0.29) is 30.1 Å². The molecule has 1 aliphatic heterocycles. The van der Waals surface area contributed by atoms with Gasteiger partial charge in [0, 0.05) is 43.7 Å². The molecule has 0 radical (unpaired) electrons. The van der Waals surface area contributed by atoms with Gasteiger partial charge in [-0.1, -0.05) is 41.9 Å². The summed E-state index contributed by atoms with van der Waals surface area (Å²) in [4.78, 5) is 33.3. The zero-order valence-corrected chi connectivity index (χ0v) is 26.3. The smallest absolute Gasteiger partial charge is 0.410 e. The average Bonchev–Trinajstić information content (AvgIpc) is 2.93. The third kappa shape index (κ3) is 8.72. The zero-order valence-electron chi connectivity index (χ0n) is 25.6. The number of piperazine rings is 1. The molecule has 0 unspecified atom stereocenters. The Morgan fingerprint density at radius 3 is 2.21 bits per heavy atom. The number of carbonyl (C=O) groups is 2. The van der Waals surface area contributed by atoms with Gasteiger partial charge >= 0.3 is 6.09 Å². The van der Waals surface area contributed by atoms with E-state index in [4.69, 9.17) is 27.6 Å². The third-order valence-corrected chi connectivity index (χ3v) is 8.60. The molecule has 8 heteroatoms. The SMILES string of the molecule is [C-]#[N+]c1ccc(OC2CCC(CC(=O)c3ccc(CCN4[C@H](C)CN(C(=O)OC(C)(C)C)C[C@H]4C)cc3)CC2)cc1Cl. The summed E-state index contributed by atoms with van der Waals surface area (Å²) in [5.74, 6) is 1.26. The zero-order chi connectivity index (χ0) is 30.4. The lowest BCUT2D eigenvalue weighted by atomic mass is 9.83. The van der Waals surface area contributed by atoms with Crippen molar-refractivity contribution in [3.63, 3.8) is 0 Å². The highest BCUT2D eigenvalue weighted by Crippen LogP contribution is 2.33. The molecule has 2 aromatic carbocycles. The van der Waals surface area contributed by atoms with E-state index in [1.54, 1.807) is 18.2 Å². The number of ether oxygens (including phenoxy) is 2. The number of benzene rings is 2. The number of nitrogens with zero attached hydrogens (tertiary/aromatic N) is 3. The molecule has 42 heavy (non-hydrogen) atoms. The number of hydrogen-bond acceptors (Lipinski definition) is 5. The van der Waals surface area contributed by atoms with E-state index in [0.717, 1.165) is 44.2 Å². The molecule has 1 amide bonds. The summed E-state index contributed by atoms with van der Waals surface area (Å²) in [5.41, 5.74) is 1.92. The lowest BCUT2D eigenvalue weighted by Crippen LogP contribution is -2.58. The predicted octanol–water partition coefficient (Wildman–Crippen LogP) is 7.97. The van der Waals surface area contributed by atoms with Gasteiger partial charge < -0.3 is 14.4 Å². The second kappa shape index (κ2) is 13.9. The first-order valence-electron chi connectivity index (χ1n) is 15.1. The van der Waals surface area contributed by atoms with Gasteiger partial charge in [-0.3, -0.25) is 9.69 Å². The Bertz CT molecular complexity index is 1260. The van der Waals surface area contributed by atoms with Gasteiger partial charge in [-0.15, -0.1) is 0 Å². The van der Waals surface area contributed by atoms with Crippen LogP contribution in [0.2, 0.25) is 5.02 Å². The van der Waals surface area contributed by atoms with Gasteiger partial charge in [0.05, 0.1) is 17.7 Å². The van der Waals surface area contributed by atoms with Crippen molar-refractivity contribution in [1.82, 2.24) is 9.80 Å². The van der Waals surface area contributed by atoms with Gasteiger partial charge in [-0.05, 0) is 90.3 Å². The molecule has 2 fully saturated rings. The summed E-state index contributed by atoms with van der Waals surface area (Å²) in [7, 11) is 0. The van der Waals surface area contributed by atoms with E-state index in [1.165, 1.54) is 5.56 Å². The number of Topliss-reactive ketones (excluding diaryl/α,β-unsaturated/α-hetero) is 1. The van der Waals surface area contributed by atoms with Crippen LogP contribution in [0.5, 0.6) is 5.75 Å². The van der Waals surface area contributed by atoms with Gasteiger partial charge in [0.15, 0.2) is 5.78 Å². The first-order valence-corrected chi connectivity index (χ1v) is 15.5. The minimum atomic E-state index is -0.493. The van der Waals surface area contributed by atoms with Crippen LogP contribution in [0.25, 0.3) is 4.85 Å². The molecule has 2 aromatic rings. The second-order valence-electron chi connectivity index (χ2n) is 12.9. The van der Waals surface area contributed by atoms with Crippen LogP contribution in [-0.4, -0.2) is 65.1 Å². The van der Waals surface area contributed by atoms with Crippen LogP contribution in [0.3, 0.4) is 0 Å². The molecule has 7 nitrogen and oxygen atoms in total. The number of rotatable bonds is 8. The largest absolute Gasteiger partial charge is 0.490 e. The van der Waals surface area contributed by atoms with Crippen LogP contribution < -0.4 is 4.74 Å². The molecule has 226 valence electrons. The minimum absolute atomic E-state index is 0.108. The molecule has 1 heterocycles. The molecule has 1 aliphatic carbocycles. The number of halogens is 1. The Labute approximate surface area is 255 Å². The van der Waals surface area contributed by atoms with Gasteiger partial charge in [0.2, 0.25) is 5.69 Å². The van der Waals surface area contributed by atoms with Gasteiger partial charge in [0.25, 0.3) is 0 Å². The van der Waals surface area contributed by atoms with Crippen LogP contribution in [0.15, 0.2) is 42.5 Å². The average molecular weight is 594 g/mol. The van der Waals surface area contributed by atoms with E-state index in [9.17, 15) is 9.59 Å². The number of hydrogen-bond donors (Lipinski definition) is 0. The number of ketones is 1. The van der Waals surface area contributed by atoms with Crippen LogP contribution in [-0.2, 0) is 11.2 Å². The molecule has 1 saturated carbocycles. The predicted molar refractivity (Wildman–Crippen MR) is 167 cm³/mol. The summed E-state index contributed by atoms with van der Waals surface area (Å²) in [6.07, 6.45) is 5.05. The quantitative estimate of drug-likeness (QED) is 0.229. The molecule has 1 saturated heterocycles. The van der Waals surface area contributed by atoms with E-state index in [0.29, 0.717) is 41.9 Å². The topological polar surface area (TPSA) is 63.4 Å². The lowest BCUT2D eigenvalue weighted by Gasteiger charge is -2.44. The van der Waals surface area contributed by atoms with Crippen LogP contribution >= 0.6 is 11.6 Å². The maximum atomic E-state index is 13.0. The fraction of sp³-hybridized carbons (Fsp3) is 0.559. The summed E-state index contributed by atoms with van der Waals surface area (Å²) in [6.45, 7) is 19.4. The lowest BCUT2D eigenvalue weighted by molar-refractivity contribution is -0.00721. The second-order valence-corrected chi connectivity index (χ2v) is 13.3. The Morgan fingerprint density at radius 2 is 1.64 bits per heavy atom. The van der Waals surface area contributed by atoms with Gasteiger partial charge in [-0.2, -0.15) is 0 Å². The molecule has 0 N–H and O–H groups in total. The third-order valence-electron chi connectivity index (χ3n) is 8.30. The van der Waals surface area contributed by atoms with Crippen molar-refractivity contribution in [1.29, 1.82) is 0 Å². The van der Waals surface area contributed by atoms with E-state index in [1.807, 2.05) is 37.8 Å². The van der Waals surface area contributed by atoms with Crippen molar-refractivity contribution in [3.8, 4) is 5.75 Å². The summed E-state index contributed by atoms with van der Waals surface area (Å²) in [5, 5.41) is 0.412. The number of amides is 1. The monoisotopic (exact) mass is 593 g/mol. The highest BCUT2D eigenvalue weighted by atomic mass is 35.5. The van der Waals surface area contributed by atoms with Crippen molar-refractivity contribution >= 4 is 29.2 Å². The molecule has 0 spiro atoms.